The van der Waals surface area contributed by atoms with Crippen molar-refractivity contribution in [2.75, 3.05) is 0 Å². The molecule has 0 aliphatic heterocycles. The van der Waals surface area contributed by atoms with Gasteiger partial charge < -0.3 is 14.3 Å². The molecule has 2 aromatic heterocycles. The van der Waals surface area contributed by atoms with Crippen molar-refractivity contribution in [1.29, 1.82) is 0 Å². The number of halogens is 3. The third-order valence-electron chi connectivity index (χ3n) is 3.17. The Bertz CT molecular complexity index is 946. The second-order valence-corrected chi connectivity index (χ2v) is 4.97. The summed E-state index contributed by atoms with van der Waals surface area (Å²) in [6.45, 7) is 0. The van der Waals surface area contributed by atoms with Crippen molar-refractivity contribution in [3.63, 3.8) is 0 Å². The second kappa shape index (κ2) is 6.75. The fraction of sp³-hybridized carbons (Fsp3) is 0.0625. The number of aromatic nitrogens is 3. The molecule has 0 saturated carbocycles. The minimum Gasteiger partial charge on any atom is -0.504 e. The van der Waals surface area contributed by atoms with E-state index in [1.807, 2.05) is 0 Å². The number of furan rings is 1. The van der Waals surface area contributed by atoms with Gasteiger partial charge in [0, 0.05) is 12.1 Å². The van der Waals surface area contributed by atoms with Crippen molar-refractivity contribution in [1.82, 2.24) is 15.2 Å². The van der Waals surface area contributed by atoms with Crippen LogP contribution in [0.25, 0.3) is 5.76 Å². The van der Waals surface area contributed by atoms with Gasteiger partial charge in [0.15, 0.2) is 11.5 Å². The first-order valence-corrected chi connectivity index (χ1v) is 7.08. The molecule has 0 amide bonds. The molecular formula is C16H10F3N3O4. The number of para-hydroxylation sites is 1. The molecule has 0 saturated heterocycles. The van der Waals surface area contributed by atoms with E-state index >= 15 is 0 Å². The normalized spacial score (nSPS) is 12.2. The van der Waals surface area contributed by atoms with Gasteiger partial charge >= 0.3 is 6.18 Å². The molecule has 1 aromatic carbocycles. The number of hydrogen-bond acceptors (Lipinski definition) is 6. The second-order valence-electron chi connectivity index (χ2n) is 4.97. The monoisotopic (exact) mass is 365 g/mol. The van der Waals surface area contributed by atoms with E-state index in [1.165, 1.54) is 18.5 Å². The number of carbonyl (C=O) groups excluding carboxylic acids is 1. The van der Waals surface area contributed by atoms with E-state index in [0.29, 0.717) is 0 Å². The van der Waals surface area contributed by atoms with Crippen molar-refractivity contribution in [3.8, 4) is 11.7 Å². The van der Waals surface area contributed by atoms with Crippen LogP contribution in [0.5, 0.6) is 11.7 Å². The molecule has 10 heteroatoms. The highest BCUT2D eigenvalue weighted by Crippen LogP contribution is 2.38. The lowest BCUT2D eigenvalue weighted by molar-refractivity contribution is -0.138. The Hall–Kier alpha value is -3.56. The van der Waals surface area contributed by atoms with Gasteiger partial charge in [-0.3, -0.25) is 9.89 Å². The van der Waals surface area contributed by atoms with Gasteiger partial charge in [0.05, 0.1) is 11.1 Å². The number of ketones is 1. The first-order chi connectivity index (χ1) is 12.3. The minimum absolute atomic E-state index is 0.0356. The summed E-state index contributed by atoms with van der Waals surface area (Å²) in [6.07, 6.45) is -1.55. The van der Waals surface area contributed by atoms with Crippen molar-refractivity contribution in [2.45, 2.75) is 6.18 Å². The lowest BCUT2D eigenvalue weighted by Crippen LogP contribution is -2.06. The van der Waals surface area contributed by atoms with Crippen LogP contribution in [0.15, 0.2) is 53.4 Å². The first kappa shape index (κ1) is 17.3. The summed E-state index contributed by atoms with van der Waals surface area (Å²) < 4.78 is 48.9. The highest BCUT2D eigenvalue weighted by molar-refractivity contribution is 6.07. The number of carbonyl (C=O) groups is 1. The Morgan fingerprint density at radius 2 is 2.08 bits per heavy atom. The van der Waals surface area contributed by atoms with E-state index in [-0.39, 0.29) is 17.3 Å². The summed E-state index contributed by atoms with van der Waals surface area (Å²) in [5.41, 5.74) is -1.02. The quantitative estimate of drug-likeness (QED) is 0.403. The van der Waals surface area contributed by atoms with Crippen molar-refractivity contribution in [2.24, 2.45) is 0 Å². The molecule has 0 radical (unpaired) electrons. The maximum atomic E-state index is 12.9. The zero-order chi connectivity index (χ0) is 18.7. The van der Waals surface area contributed by atoms with E-state index in [1.54, 1.807) is 0 Å². The van der Waals surface area contributed by atoms with Crippen LogP contribution in [0.2, 0.25) is 0 Å². The predicted molar refractivity (Wildman–Crippen MR) is 81.5 cm³/mol. The molecule has 2 N–H and O–H groups in total. The van der Waals surface area contributed by atoms with Crippen LogP contribution >= 0.6 is 0 Å². The molecule has 0 unspecified atom stereocenters. The molecule has 0 aliphatic carbocycles. The number of allylic oxidation sites excluding steroid dienone is 1. The third-order valence-corrected chi connectivity index (χ3v) is 3.17. The van der Waals surface area contributed by atoms with Gasteiger partial charge in [-0.1, -0.05) is 12.1 Å². The maximum Gasteiger partial charge on any atom is 0.419 e. The number of aliphatic hydroxyl groups is 1. The highest BCUT2D eigenvalue weighted by Gasteiger charge is 2.34. The van der Waals surface area contributed by atoms with Crippen LogP contribution in [0.3, 0.4) is 0 Å². The molecule has 26 heavy (non-hydrogen) atoms. The summed E-state index contributed by atoms with van der Waals surface area (Å²) in [5, 5.41) is 15.7. The highest BCUT2D eigenvalue weighted by atomic mass is 19.4. The summed E-state index contributed by atoms with van der Waals surface area (Å²) >= 11 is 0. The van der Waals surface area contributed by atoms with Gasteiger partial charge in [0.2, 0.25) is 5.82 Å². The standard InChI is InChI=1S/C16H10F3N3O4/c17-16(18,19)10-3-1-2-4-13(10)26-14-5-9(7-25-14)11(23)6-12(24)15-20-8-21-22-15/h1-8,24H,(H,20,21,22). The largest absolute Gasteiger partial charge is 0.504 e. The Labute approximate surface area is 143 Å². The van der Waals surface area contributed by atoms with E-state index in [0.717, 1.165) is 30.5 Å². The first-order valence-electron chi connectivity index (χ1n) is 7.08. The number of ether oxygens (including phenoxy) is 1. The van der Waals surface area contributed by atoms with E-state index in [9.17, 15) is 23.1 Å². The zero-order valence-electron chi connectivity index (χ0n) is 12.8. The van der Waals surface area contributed by atoms with Gasteiger partial charge in [-0.25, -0.2) is 4.98 Å². The van der Waals surface area contributed by atoms with Crippen molar-refractivity contribution < 1.29 is 32.2 Å². The average Bonchev–Trinajstić information content (AvgIpc) is 3.26. The molecule has 0 aliphatic rings. The summed E-state index contributed by atoms with van der Waals surface area (Å²) in [6, 6.07) is 5.70. The van der Waals surface area contributed by atoms with E-state index in [2.05, 4.69) is 15.2 Å². The Morgan fingerprint density at radius 3 is 2.77 bits per heavy atom. The summed E-state index contributed by atoms with van der Waals surface area (Å²) in [5.74, 6) is -2.02. The van der Waals surface area contributed by atoms with Gasteiger partial charge in [-0.05, 0) is 12.1 Å². The fourth-order valence-electron chi connectivity index (χ4n) is 2.00. The number of aromatic amines is 1. The number of aliphatic hydroxyl groups excluding tert-OH is 1. The van der Waals surface area contributed by atoms with Crippen LogP contribution < -0.4 is 4.74 Å². The van der Waals surface area contributed by atoms with Crippen molar-refractivity contribution >= 4 is 11.5 Å². The molecule has 0 fully saturated rings. The van der Waals surface area contributed by atoms with Gasteiger partial charge in [-0.2, -0.15) is 18.3 Å². The zero-order valence-corrected chi connectivity index (χ0v) is 12.8. The molecule has 3 rings (SSSR count). The Kier molecular flexibility index (Phi) is 4.48. The number of nitrogens with one attached hydrogen (secondary N) is 1. The third kappa shape index (κ3) is 3.74. The van der Waals surface area contributed by atoms with Crippen LogP contribution in [-0.2, 0) is 6.18 Å². The number of alkyl halides is 3. The number of rotatable bonds is 5. The summed E-state index contributed by atoms with van der Waals surface area (Å²) in [4.78, 5) is 15.7. The van der Waals surface area contributed by atoms with Gasteiger partial charge in [0.1, 0.15) is 18.3 Å². The van der Waals surface area contributed by atoms with Gasteiger partial charge in [0.25, 0.3) is 5.95 Å². The average molecular weight is 365 g/mol. The number of nitrogens with zero attached hydrogens (tertiary/aromatic N) is 2. The molecule has 2 heterocycles. The SMILES string of the molecule is O=C(C=C(O)c1nc[nH]n1)c1coc(Oc2ccccc2C(F)(F)F)c1. The Balaban J connectivity index is 1.79. The van der Waals surface area contributed by atoms with Gasteiger partial charge in [-0.15, -0.1) is 0 Å². The number of hydrogen-bond donors (Lipinski definition) is 2. The smallest absolute Gasteiger partial charge is 0.419 e. The maximum absolute atomic E-state index is 12.9. The number of benzene rings is 1. The predicted octanol–water partition coefficient (Wildman–Crippen LogP) is 3.99. The molecule has 0 atom stereocenters. The Morgan fingerprint density at radius 1 is 1.31 bits per heavy atom. The van der Waals surface area contributed by atoms with Crippen LogP contribution in [-0.4, -0.2) is 26.1 Å². The molecule has 7 nitrogen and oxygen atoms in total. The molecule has 3 aromatic rings. The summed E-state index contributed by atoms with van der Waals surface area (Å²) in [7, 11) is 0. The minimum atomic E-state index is -4.60. The van der Waals surface area contributed by atoms with E-state index in [4.69, 9.17) is 9.15 Å². The van der Waals surface area contributed by atoms with Crippen LogP contribution in [0.4, 0.5) is 13.2 Å². The molecule has 134 valence electrons. The van der Waals surface area contributed by atoms with E-state index < -0.39 is 29.0 Å². The van der Waals surface area contributed by atoms with Crippen LogP contribution in [0.1, 0.15) is 21.7 Å². The molecule has 0 spiro atoms. The molecular weight excluding hydrogens is 355 g/mol. The number of H-pyrrole nitrogens is 1. The fourth-order valence-corrected chi connectivity index (χ4v) is 2.00. The lowest BCUT2D eigenvalue weighted by atomic mass is 10.2. The van der Waals surface area contributed by atoms with Crippen LogP contribution in [0, 0.1) is 0 Å². The molecule has 0 bridgehead atoms. The lowest BCUT2D eigenvalue weighted by Gasteiger charge is -2.11. The van der Waals surface area contributed by atoms with Crippen molar-refractivity contribution in [3.05, 3.63) is 65.9 Å². The topological polar surface area (TPSA) is 101 Å².